The van der Waals surface area contributed by atoms with Gasteiger partial charge in [-0.25, -0.2) is 0 Å². The van der Waals surface area contributed by atoms with Crippen LogP contribution in [0.1, 0.15) is 5.56 Å². The number of thioether (sulfide) groups is 1. The van der Waals surface area contributed by atoms with E-state index in [0.717, 1.165) is 17.3 Å². The van der Waals surface area contributed by atoms with Gasteiger partial charge < -0.3 is 5.11 Å². The second-order valence-electron chi connectivity index (χ2n) is 2.16. The summed E-state index contributed by atoms with van der Waals surface area (Å²) in [7, 11) is 0. The normalized spacial score (nSPS) is 9.09. The zero-order chi connectivity index (χ0) is 8.27. The maximum Gasteiger partial charge on any atom is 0.138 e. The van der Waals surface area contributed by atoms with E-state index in [1.165, 1.54) is 0 Å². The fourth-order valence-electron chi connectivity index (χ4n) is 0.752. The van der Waals surface area contributed by atoms with Crippen molar-refractivity contribution >= 4 is 11.8 Å². The number of hydrogen-bond donors (Lipinski definition) is 1. The van der Waals surface area contributed by atoms with E-state index in [-0.39, 0.29) is 5.75 Å². The molecule has 1 N–H and O–H groups in total. The van der Waals surface area contributed by atoms with Gasteiger partial charge in [0.25, 0.3) is 0 Å². The SMILES string of the molecule is Cc1ccc(O)c(SC#N)c1. The maximum absolute atomic E-state index is 9.19. The van der Waals surface area contributed by atoms with Crippen LogP contribution in [-0.4, -0.2) is 5.11 Å². The van der Waals surface area contributed by atoms with Gasteiger partial charge in [-0.2, -0.15) is 5.26 Å². The minimum atomic E-state index is 0.169. The monoisotopic (exact) mass is 165 g/mol. The number of benzene rings is 1. The van der Waals surface area contributed by atoms with Crippen LogP contribution in [0.25, 0.3) is 0 Å². The van der Waals surface area contributed by atoms with Gasteiger partial charge in [0.15, 0.2) is 0 Å². The Morgan fingerprint density at radius 3 is 2.91 bits per heavy atom. The second-order valence-corrected chi connectivity index (χ2v) is 2.99. The fourth-order valence-corrected chi connectivity index (χ4v) is 1.27. The first-order chi connectivity index (χ1) is 5.24. The summed E-state index contributed by atoms with van der Waals surface area (Å²) in [5.74, 6) is 0.169. The van der Waals surface area contributed by atoms with Gasteiger partial charge in [-0.1, -0.05) is 6.07 Å². The van der Waals surface area contributed by atoms with E-state index >= 15 is 0 Å². The van der Waals surface area contributed by atoms with Crippen LogP contribution in [0.3, 0.4) is 0 Å². The maximum atomic E-state index is 9.19. The number of nitrogens with zero attached hydrogens (tertiary/aromatic N) is 1. The van der Waals surface area contributed by atoms with Gasteiger partial charge in [-0.15, -0.1) is 0 Å². The molecule has 1 aromatic rings. The van der Waals surface area contributed by atoms with E-state index in [1.807, 2.05) is 12.3 Å². The number of phenolic OH excluding ortho intramolecular Hbond substituents is 1. The first-order valence-corrected chi connectivity index (χ1v) is 3.91. The van der Waals surface area contributed by atoms with Crippen molar-refractivity contribution in [3.05, 3.63) is 23.8 Å². The van der Waals surface area contributed by atoms with Crippen LogP contribution < -0.4 is 0 Å². The number of nitriles is 1. The Morgan fingerprint density at radius 1 is 1.55 bits per heavy atom. The van der Waals surface area contributed by atoms with Crippen molar-refractivity contribution in [2.75, 3.05) is 0 Å². The zero-order valence-electron chi connectivity index (χ0n) is 6.03. The summed E-state index contributed by atoms with van der Waals surface area (Å²) in [4.78, 5) is 0.618. The van der Waals surface area contributed by atoms with Gasteiger partial charge in [0.05, 0.1) is 4.90 Å². The second kappa shape index (κ2) is 3.31. The molecule has 0 saturated carbocycles. The van der Waals surface area contributed by atoms with Crippen molar-refractivity contribution in [3.63, 3.8) is 0 Å². The Hall–Kier alpha value is -1.14. The highest BCUT2D eigenvalue weighted by Gasteiger charge is 1.99. The third-order valence-corrected chi connectivity index (χ3v) is 1.91. The van der Waals surface area contributed by atoms with Crippen LogP contribution in [0.5, 0.6) is 5.75 Å². The summed E-state index contributed by atoms with van der Waals surface area (Å²) in [5, 5.41) is 19.4. The molecule has 56 valence electrons. The summed E-state index contributed by atoms with van der Waals surface area (Å²) in [5.41, 5.74) is 1.04. The van der Waals surface area contributed by atoms with E-state index in [9.17, 15) is 5.11 Å². The lowest BCUT2D eigenvalue weighted by atomic mass is 10.2. The number of thiocyanates is 1. The molecule has 0 saturated heterocycles. The topological polar surface area (TPSA) is 44.0 Å². The molecule has 0 radical (unpaired) electrons. The molecular formula is C8H7NOS. The number of hydrogen-bond acceptors (Lipinski definition) is 3. The smallest absolute Gasteiger partial charge is 0.138 e. The van der Waals surface area contributed by atoms with Gasteiger partial charge in [0.2, 0.25) is 0 Å². The zero-order valence-corrected chi connectivity index (χ0v) is 6.85. The molecule has 1 rings (SSSR count). The highest BCUT2D eigenvalue weighted by atomic mass is 32.2. The first kappa shape index (κ1) is 7.96. The molecule has 1 aromatic carbocycles. The molecule has 0 aromatic heterocycles. The Kier molecular flexibility index (Phi) is 2.40. The summed E-state index contributed by atoms with van der Waals surface area (Å²) in [6, 6.07) is 5.18. The molecule has 11 heavy (non-hydrogen) atoms. The van der Waals surface area contributed by atoms with Gasteiger partial charge in [0, 0.05) is 0 Å². The summed E-state index contributed by atoms with van der Waals surface area (Å²) in [6.45, 7) is 1.92. The van der Waals surface area contributed by atoms with Crippen LogP contribution in [0.15, 0.2) is 23.1 Å². The average molecular weight is 165 g/mol. The lowest BCUT2D eigenvalue weighted by Gasteiger charge is -1.98. The van der Waals surface area contributed by atoms with Gasteiger partial charge >= 0.3 is 0 Å². The molecule has 0 fully saturated rings. The van der Waals surface area contributed by atoms with Crippen molar-refractivity contribution in [2.24, 2.45) is 0 Å². The Balaban J connectivity index is 3.05. The predicted molar refractivity (Wildman–Crippen MR) is 44.3 cm³/mol. The molecule has 0 amide bonds. The molecule has 0 unspecified atom stereocenters. The van der Waals surface area contributed by atoms with Crippen molar-refractivity contribution < 1.29 is 5.11 Å². The largest absolute Gasteiger partial charge is 0.507 e. The van der Waals surface area contributed by atoms with Crippen LogP contribution in [0.4, 0.5) is 0 Å². The van der Waals surface area contributed by atoms with Crippen LogP contribution in [0.2, 0.25) is 0 Å². The molecule has 0 heterocycles. The quantitative estimate of drug-likeness (QED) is 0.512. The molecule has 0 aliphatic heterocycles. The van der Waals surface area contributed by atoms with E-state index in [2.05, 4.69) is 0 Å². The number of phenols is 1. The predicted octanol–water partition coefficient (Wildman–Crippen LogP) is 2.27. The van der Waals surface area contributed by atoms with Crippen molar-refractivity contribution in [2.45, 2.75) is 11.8 Å². The van der Waals surface area contributed by atoms with Gasteiger partial charge in [-0.05, 0) is 36.4 Å². The Bertz CT molecular complexity index is 303. The molecule has 0 aliphatic rings. The fraction of sp³-hybridized carbons (Fsp3) is 0.125. The number of aromatic hydroxyl groups is 1. The van der Waals surface area contributed by atoms with Gasteiger partial charge in [0.1, 0.15) is 11.2 Å². The summed E-state index contributed by atoms with van der Waals surface area (Å²) in [6.07, 6.45) is 0. The third-order valence-electron chi connectivity index (χ3n) is 1.27. The van der Waals surface area contributed by atoms with E-state index in [0.29, 0.717) is 4.90 Å². The Morgan fingerprint density at radius 2 is 2.27 bits per heavy atom. The lowest BCUT2D eigenvalue weighted by Crippen LogP contribution is -1.74. The molecule has 2 nitrogen and oxygen atoms in total. The van der Waals surface area contributed by atoms with Gasteiger partial charge in [-0.3, -0.25) is 0 Å². The van der Waals surface area contributed by atoms with Crippen molar-refractivity contribution in [3.8, 4) is 11.2 Å². The third kappa shape index (κ3) is 1.89. The van der Waals surface area contributed by atoms with E-state index in [1.54, 1.807) is 18.2 Å². The van der Waals surface area contributed by atoms with Crippen molar-refractivity contribution in [1.82, 2.24) is 0 Å². The Labute approximate surface area is 69.5 Å². The van der Waals surface area contributed by atoms with E-state index in [4.69, 9.17) is 5.26 Å². The first-order valence-electron chi connectivity index (χ1n) is 3.09. The van der Waals surface area contributed by atoms with Crippen LogP contribution in [0, 0.1) is 17.6 Å². The summed E-state index contributed by atoms with van der Waals surface area (Å²) < 4.78 is 0. The summed E-state index contributed by atoms with van der Waals surface area (Å²) >= 11 is 0.972. The molecule has 0 aliphatic carbocycles. The molecule has 0 bridgehead atoms. The molecule has 0 atom stereocenters. The van der Waals surface area contributed by atoms with E-state index < -0.39 is 0 Å². The molecule has 3 heteroatoms. The standard InChI is InChI=1S/C8H7NOS/c1-6-2-3-7(10)8(4-6)11-5-9/h2-4,10H,1H3. The van der Waals surface area contributed by atoms with Crippen molar-refractivity contribution in [1.29, 1.82) is 5.26 Å². The minimum Gasteiger partial charge on any atom is -0.507 e. The lowest BCUT2D eigenvalue weighted by molar-refractivity contribution is 0.462. The highest BCUT2D eigenvalue weighted by Crippen LogP contribution is 2.27. The average Bonchev–Trinajstić information content (AvgIpc) is 1.98. The number of aryl methyl sites for hydroxylation is 1. The minimum absolute atomic E-state index is 0.169. The van der Waals surface area contributed by atoms with Crippen LogP contribution in [-0.2, 0) is 0 Å². The molecular weight excluding hydrogens is 158 g/mol. The van der Waals surface area contributed by atoms with Crippen LogP contribution >= 0.6 is 11.8 Å². The number of rotatable bonds is 1. The molecule has 0 spiro atoms. The highest BCUT2D eigenvalue weighted by molar-refractivity contribution is 8.03.